The summed E-state index contributed by atoms with van der Waals surface area (Å²) < 4.78 is 11.2. The van der Waals surface area contributed by atoms with Crippen LogP contribution in [0.15, 0.2) is 16.6 Å². The molecule has 0 heterocycles. The molecule has 1 aromatic rings. The van der Waals surface area contributed by atoms with E-state index in [2.05, 4.69) is 15.9 Å². The smallest absolute Gasteiger partial charge is 0.161 e. The zero-order valence-corrected chi connectivity index (χ0v) is 11.4. The third kappa shape index (κ3) is 2.89. The molecule has 3 nitrogen and oxygen atoms in total. The topological polar surface area (TPSA) is 38.7 Å². The van der Waals surface area contributed by atoms with Crippen LogP contribution < -0.4 is 9.47 Å². The van der Waals surface area contributed by atoms with Crippen LogP contribution in [0, 0.1) is 0 Å². The zero-order valence-electron chi connectivity index (χ0n) is 9.79. The standard InChI is InChI=1S/C12H17BrO3/c1-4-5-10(14)8-6-11(15-2)12(16-3)7-9(8)13/h6-7,10,14H,4-5H2,1-3H3. The molecule has 0 spiro atoms. The Morgan fingerprint density at radius 2 is 1.81 bits per heavy atom. The Kier molecular flexibility index (Phi) is 5.09. The van der Waals surface area contributed by atoms with Gasteiger partial charge in [0.2, 0.25) is 0 Å². The zero-order chi connectivity index (χ0) is 12.1. The predicted octanol–water partition coefficient (Wildman–Crippen LogP) is 3.30. The summed E-state index contributed by atoms with van der Waals surface area (Å²) in [6.45, 7) is 2.04. The number of methoxy groups -OCH3 is 2. The Labute approximate surface area is 105 Å². The maximum atomic E-state index is 9.96. The van der Waals surface area contributed by atoms with Gasteiger partial charge in [0, 0.05) is 4.47 Å². The minimum absolute atomic E-state index is 0.473. The van der Waals surface area contributed by atoms with E-state index in [1.165, 1.54) is 0 Å². The summed E-state index contributed by atoms with van der Waals surface area (Å²) in [5, 5.41) is 9.96. The highest BCUT2D eigenvalue weighted by Crippen LogP contribution is 2.36. The lowest BCUT2D eigenvalue weighted by molar-refractivity contribution is 0.165. The fraction of sp³-hybridized carbons (Fsp3) is 0.500. The van der Waals surface area contributed by atoms with Crippen molar-refractivity contribution in [2.24, 2.45) is 0 Å². The van der Waals surface area contributed by atoms with Crippen molar-refractivity contribution in [2.75, 3.05) is 14.2 Å². The van der Waals surface area contributed by atoms with Gasteiger partial charge in [0.15, 0.2) is 11.5 Å². The van der Waals surface area contributed by atoms with Crippen LogP contribution in [0.3, 0.4) is 0 Å². The highest BCUT2D eigenvalue weighted by molar-refractivity contribution is 9.10. The van der Waals surface area contributed by atoms with Crippen LogP contribution in [0.25, 0.3) is 0 Å². The number of rotatable bonds is 5. The Morgan fingerprint density at radius 3 is 2.31 bits per heavy atom. The van der Waals surface area contributed by atoms with Gasteiger partial charge in [0.1, 0.15) is 0 Å². The van der Waals surface area contributed by atoms with Gasteiger partial charge in [-0.15, -0.1) is 0 Å². The Bertz CT molecular complexity index is 352. The van der Waals surface area contributed by atoms with Gasteiger partial charge < -0.3 is 14.6 Å². The molecule has 0 bridgehead atoms. The molecule has 0 amide bonds. The molecule has 90 valence electrons. The molecular formula is C12H17BrO3. The first-order valence-electron chi connectivity index (χ1n) is 5.23. The van der Waals surface area contributed by atoms with E-state index in [1.54, 1.807) is 14.2 Å². The maximum Gasteiger partial charge on any atom is 0.161 e. The van der Waals surface area contributed by atoms with E-state index in [-0.39, 0.29) is 0 Å². The van der Waals surface area contributed by atoms with Crippen LogP contribution in [0.2, 0.25) is 0 Å². The molecule has 4 heteroatoms. The van der Waals surface area contributed by atoms with Gasteiger partial charge in [-0.05, 0) is 24.1 Å². The lowest BCUT2D eigenvalue weighted by atomic mass is 10.0. The van der Waals surface area contributed by atoms with E-state index < -0.39 is 6.10 Å². The average molecular weight is 289 g/mol. The largest absolute Gasteiger partial charge is 0.493 e. The number of aliphatic hydroxyl groups is 1. The first-order chi connectivity index (χ1) is 7.63. The van der Waals surface area contributed by atoms with Crippen LogP contribution in [0.1, 0.15) is 31.4 Å². The third-order valence-electron chi connectivity index (χ3n) is 2.42. The number of benzene rings is 1. The molecule has 0 aliphatic rings. The van der Waals surface area contributed by atoms with Gasteiger partial charge >= 0.3 is 0 Å². The minimum Gasteiger partial charge on any atom is -0.493 e. The molecular weight excluding hydrogens is 272 g/mol. The van der Waals surface area contributed by atoms with E-state index in [9.17, 15) is 5.11 Å². The number of aliphatic hydroxyl groups excluding tert-OH is 1. The number of hydrogen-bond donors (Lipinski definition) is 1. The summed E-state index contributed by atoms with van der Waals surface area (Å²) >= 11 is 3.43. The number of halogens is 1. The molecule has 0 saturated carbocycles. The van der Waals surface area contributed by atoms with Crippen LogP contribution in [-0.4, -0.2) is 19.3 Å². The van der Waals surface area contributed by atoms with Crippen LogP contribution >= 0.6 is 15.9 Å². The van der Waals surface area contributed by atoms with Crippen LogP contribution in [0.5, 0.6) is 11.5 Å². The Balaban J connectivity index is 3.10. The first-order valence-corrected chi connectivity index (χ1v) is 6.02. The molecule has 0 radical (unpaired) electrons. The Morgan fingerprint density at radius 1 is 1.25 bits per heavy atom. The van der Waals surface area contributed by atoms with E-state index >= 15 is 0 Å². The van der Waals surface area contributed by atoms with Crippen molar-refractivity contribution < 1.29 is 14.6 Å². The number of hydrogen-bond acceptors (Lipinski definition) is 3. The van der Waals surface area contributed by atoms with Gasteiger partial charge in [-0.2, -0.15) is 0 Å². The van der Waals surface area contributed by atoms with E-state index in [4.69, 9.17) is 9.47 Å². The summed E-state index contributed by atoms with van der Waals surface area (Å²) in [4.78, 5) is 0. The maximum absolute atomic E-state index is 9.96. The summed E-state index contributed by atoms with van der Waals surface area (Å²) in [7, 11) is 3.17. The van der Waals surface area contributed by atoms with Crippen molar-refractivity contribution >= 4 is 15.9 Å². The minimum atomic E-state index is -0.473. The second-order valence-corrected chi connectivity index (χ2v) is 4.39. The van der Waals surface area contributed by atoms with Crippen LogP contribution in [-0.2, 0) is 0 Å². The van der Waals surface area contributed by atoms with Crippen molar-refractivity contribution in [2.45, 2.75) is 25.9 Å². The molecule has 0 aliphatic heterocycles. The normalized spacial score (nSPS) is 12.3. The van der Waals surface area contributed by atoms with Gasteiger partial charge in [-0.3, -0.25) is 0 Å². The van der Waals surface area contributed by atoms with E-state index in [0.29, 0.717) is 11.5 Å². The van der Waals surface area contributed by atoms with Crippen molar-refractivity contribution in [1.29, 1.82) is 0 Å². The highest BCUT2D eigenvalue weighted by Gasteiger charge is 2.15. The average Bonchev–Trinajstić information content (AvgIpc) is 2.28. The second kappa shape index (κ2) is 6.11. The molecule has 1 unspecified atom stereocenters. The summed E-state index contributed by atoms with van der Waals surface area (Å²) in [6, 6.07) is 3.62. The second-order valence-electron chi connectivity index (χ2n) is 3.53. The van der Waals surface area contributed by atoms with Crippen molar-refractivity contribution in [3.63, 3.8) is 0 Å². The molecule has 0 saturated heterocycles. The van der Waals surface area contributed by atoms with Crippen molar-refractivity contribution in [1.82, 2.24) is 0 Å². The Hall–Kier alpha value is -0.740. The monoisotopic (exact) mass is 288 g/mol. The quantitative estimate of drug-likeness (QED) is 0.904. The van der Waals surface area contributed by atoms with Gasteiger partial charge in [-0.1, -0.05) is 29.3 Å². The molecule has 1 atom stereocenters. The lowest BCUT2D eigenvalue weighted by Gasteiger charge is -2.15. The summed E-state index contributed by atoms with van der Waals surface area (Å²) in [5.74, 6) is 1.29. The summed E-state index contributed by atoms with van der Waals surface area (Å²) in [5.41, 5.74) is 0.833. The molecule has 0 fully saturated rings. The highest BCUT2D eigenvalue weighted by atomic mass is 79.9. The molecule has 1 aromatic carbocycles. The van der Waals surface area contributed by atoms with Gasteiger partial charge in [-0.25, -0.2) is 0 Å². The first kappa shape index (κ1) is 13.3. The van der Waals surface area contributed by atoms with Crippen LogP contribution in [0.4, 0.5) is 0 Å². The predicted molar refractivity (Wildman–Crippen MR) is 67.1 cm³/mol. The lowest BCUT2D eigenvalue weighted by Crippen LogP contribution is -2.00. The molecule has 1 rings (SSSR count). The molecule has 0 aliphatic carbocycles. The van der Waals surface area contributed by atoms with Crippen molar-refractivity contribution in [3.8, 4) is 11.5 Å². The molecule has 0 aromatic heterocycles. The van der Waals surface area contributed by atoms with Crippen molar-refractivity contribution in [3.05, 3.63) is 22.2 Å². The molecule has 16 heavy (non-hydrogen) atoms. The SMILES string of the molecule is CCCC(O)c1cc(OC)c(OC)cc1Br. The van der Waals surface area contributed by atoms with Gasteiger partial charge in [0.25, 0.3) is 0 Å². The van der Waals surface area contributed by atoms with E-state index in [1.807, 2.05) is 19.1 Å². The molecule has 1 N–H and O–H groups in total. The number of ether oxygens (including phenoxy) is 2. The third-order valence-corrected chi connectivity index (χ3v) is 3.11. The fourth-order valence-electron chi connectivity index (χ4n) is 1.55. The summed E-state index contributed by atoms with van der Waals surface area (Å²) in [6.07, 6.45) is 1.19. The van der Waals surface area contributed by atoms with E-state index in [0.717, 1.165) is 22.9 Å². The fourth-order valence-corrected chi connectivity index (χ4v) is 2.14. The van der Waals surface area contributed by atoms with Gasteiger partial charge in [0.05, 0.1) is 20.3 Å².